The van der Waals surface area contributed by atoms with Crippen molar-refractivity contribution in [1.29, 1.82) is 0 Å². The topological polar surface area (TPSA) is 37.3 Å². The van der Waals surface area contributed by atoms with Gasteiger partial charge in [0.2, 0.25) is 0 Å². The van der Waals surface area contributed by atoms with Gasteiger partial charge in [-0.05, 0) is 44.4 Å². The molecule has 4 rings (SSSR count). The zero-order chi connectivity index (χ0) is 32.9. The molecule has 0 heterocycles. The second kappa shape index (κ2) is 45.5. The molecule has 2 aromatic rings. The minimum absolute atomic E-state index is 0. The molecule has 2 aliphatic rings. The van der Waals surface area contributed by atoms with Crippen LogP contribution in [0.5, 0.6) is 0 Å². The van der Waals surface area contributed by atoms with Gasteiger partial charge in [-0.2, -0.15) is 70.8 Å². The van der Waals surface area contributed by atoms with Gasteiger partial charge in [0.25, 0.3) is 0 Å². The van der Waals surface area contributed by atoms with E-state index >= 15 is 0 Å². The number of carbonyl (C=O) groups is 1. The average Bonchev–Trinajstić information content (AvgIpc) is 3.07. The molecule has 2 fully saturated rings. The van der Waals surface area contributed by atoms with Crippen LogP contribution in [0, 0.1) is 37.8 Å². The molecule has 0 aromatic heterocycles. The summed E-state index contributed by atoms with van der Waals surface area (Å²) in [6, 6.07) is 19.8. The van der Waals surface area contributed by atoms with Gasteiger partial charge in [-0.15, -0.1) is 8.58 Å². The van der Waals surface area contributed by atoms with Crippen LogP contribution in [0.3, 0.4) is 0 Å². The fraction of sp³-hybridized carbons (Fsp3) is 0.658. The van der Waals surface area contributed by atoms with Crippen molar-refractivity contribution >= 4 is 69.5 Å². The number of hydrogen-bond donors (Lipinski definition) is 1. The van der Waals surface area contributed by atoms with Crippen molar-refractivity contribution in [2.45, 2.75) is 130 Å². The maximum atomic E-state index is 10.4. The average molecular weight is 1050 g/mol. The SMILES string of the molecule is CC.CC.CPC.Cc1[c-]cc(C2CCC(CCC=O)CC2)cc1.Cc1[c-]cc(C2CCC(CCCO)CC2)cc1.II.[AlH3].[H-].[Li+].[Y].[Y]. The maximum Gasteiger partial charge on any atom is 1.00 e. The molecule has 0 amide bonds. The third-order valence-electron chi connectivity index (χ3n) is 8.08. The van der Waals surface area contributed by atoms with Crippen LogP contribution in [0.25, 0.3) is 0 Å². The minimum Gasteiger partial charge on any atom is -1.00 e. The molecule has 262 valence electrons. The normalized spacial score (nSPS) is 18.6. The minimum atomic E-state index is 0. The van der Waals surface area contributed by atoms with E-state index in [0.29, 0.717) is 6.61 Å². The van der Waals surface area contributed by atoms with Gasteiger partial charge < -0.3 is 11.3 Å². The molecule has 0 bridgehead atoms. The Morgan fingerprint density at radius 3 is 1.38 bits per heavy atom. The van der Waals surface area contributed by atoms with Crippen LogP contribution in [0.15, 0.2) is 36.4 Å². The smallest absolute Gasteiger partial charge is 1.00 e. The van der Waals surface area contributed by atoms with Gasteiger partial charge in [0.05, 0.1) is 0 Å². The Balaban J connectivity index is -0.000000104. The Morgan fingerprint density at radius 2 is 1.11 bits per heavy atom. The number of aryl methyl sites for hydroxylation is 2. The number of benzene rings is 2. The molecule has 47 heavy (non-hydrogen) atoms. The Bertz CT molecular complexity index is 874. The summed E-state index contributed by atoms with van der Waals surface area (Å²) < 4.78 is 0. The van der Waals surface area contributed by atoms with E-state index in [-0.39, 0.29) is 103 Å². The Kier molecular flexibility index (Phi) is 60.2. The Hall–Kier alpha value is 3.30. The van der Waals surface area contributed by atoms with E-state index in [1.165, 1.54) is 80.0 Å². The number of aldehydes is 1. The monoisotopic (exact) mass is 1050 g/mol. The number of aliphatic hydroxyl groups is 1. The molecule has 0 spiro atoms. The van der Waals surface area contributed by atoms with Crippen molar-refractivity contribution in [2.75, 3.05) is 19.9 Å². The van der Waals surface area contributed by atoms with E-state index in [1.807, 2.05) is 27.7 Å². The summed E-state index contributed by atoms with van der Waals surface area (Å²) in [6.45, 7) is 16.8. The number of carbonyl (C=O) groups excluding carboxylic acids is 1. The van der Waals surface area contributed by atoms with Gasteiger partial charge >= 0.3 is 18.9 Å². The zero-order valence-corrected chi connectivity index (χ0v) is 41.8. The van der Waals surface area contributed by atoms with Crippen LogP contribution in [0.4, 0.5) is 0 Å². The van der Waals surface area contributed by atoms with Crippen LogP contribution in [-0.4, -0.2) is 48.7 Å². The first kappa shape index (κ1) is 62.3. The van der Waals surface area contributed by atoms with Crippen molar-refractivity contribution in [3.63, 3.8) is 0 Å². The van der Waals surface area contributed by atoms with E-state index < -0.39 is 0 Å². The summed E-state index contributed by atoms with van der Waals surface area (Å²) in [7, 11) is 1.08. The molecular formula is C38H67AlI2LiO2PY2-2. The fourth-order valence-corrected chi connectivity index (χ4v) is 5.79. The summed E-state index contributed by atoms with van der Waals surface area (Å²) in [6.07, 6.45) is 15.5. The second-order valence-corrected chi connectivity index (χ2v) is 12.2. The first-order chi connectivity index (χ1) is 21.0. The molecule has 9 heteroatoms. The van der Waals surface area contributed by atoms with Crippen molar-refractivity contribution in [3.05, 3.63) is 70.8 Å². The summed E-state index contributed by atoms with van der Waals surface area (Å²) >= 11 is 4.24. The van der Waals surface area contributed by atoms with Gasteiger partial charge in [0.15, 0.2) is 17.4 Å². The molecule has 2 radical (unpaired) electrons. The van der Waals surface area contributed by atoms with Gasteiger partial charge in [-0.25, -0.2) is 0 Å². The van der Waals surface area contributed by atoms with Gasteiger partial charge in [0.1, 0.15) is 6.29 Å². The standard InChI is InChI=1S/C16H23O.C16H21O.C2H7P.2C2H6.Al.I2.Li.2Y.4H/c2*1-13-4-8-15(9-5-13)16-10-6-14(7-11-16)3-2-12-17;1-3-2;2*1-2;;1-2;;;;;;;/h4,8-9,14,16-17H,2-3,6-7,10-12H2,1H3;4,8-9,12,14,16H,2-3,6-7,10-11H2,1H3;3H,1-2H3;2*1-2H3;;;;;;;;;/q2*-1;;;;;;+1;;;;;;-1. The first-order valence-corrected chi connectivity index (χ1v) is 25.0. The van der Waals surface area contributed by atoms with Crippen molar-refractivity contribution in [3.8, 4) is 0 Å². The van der Waals surface area contributed by atoms with E-state index in [9.17, 15) is 4.79 Å². The largest absolute Gasteiger partial charge is 1.00 e. The molecule has 1 N–H and O–H groups in total. The molecule has 0 unspecified atom stereocenters. The Morgan fingerprint density at radius 1 is 0.766 bits per heavy atom. The summed E-state index contributed by atoms with van der Waals surface area (Å²) in [5.74, 6) is 3.11. The molecule has 2 saturated carbocycles. The quantitative estimate of drug-likeness (QED) is 0.0948. The van der Waals surface area contributed by atoms with Gasteiger partial charge in [-0.3, -0.25) is 0 Å². The third kappa shape index (κ3) is 31.4. The van der Waals surface area contributed by atoms with Crippen LogP contribution in [-0.2, 0) is 70.2 Å². The summed E-state index contributed by atoms with van der Waals surface area (Å²) in [5.41, 5.74) is 5.36. The van der Waals surface area contributed by atoms with Crippen LogP contribution in [0.2, 0.25) is 0 Å². The van der Waals surface area contributed by atoms with E-state index in [0.717, 1.165) is 57.8 Å². The molecule has 0 atom stereocenters. The molecule has 0 saturated heterocycles. The summed E-state index contributed by atoms with van der Waals surface area (Å²) in [5, 5.41) is 8.85. The zero-order valence-electron chi connectivity index (χ0n) is 31.8. The van der Waals surface area contributed by atoms with Crippen LogP contribution < -0.4 is 18.9 Å². The van der Waals surface area contributed by atoms with Gasteiger partial charge in [-0.1, -0.05) is 105 Å². The summed E-state index contributed by atoms with van der Waals surface area (Å²) in [4.78, 5) is 10.4. The molecular weight excluding hydrogens is 985 g/mol. The molecule has 2 aliphatic carbocycles. The molecule has 2 nitrogen and oxygen atoms in total. The van der Waals surface area contributed by atoms with Crippen LogP contribution in [0.1, 0.15) is 140 Å². The molecule has 0 aliphatic heterocycles. The van der Waals surface area contributed by atoms with E-state index in [4.69, 9.17) is 5.11 Å². The second-order valence-electron chi connectivity index (χ2n) is 11.2. The van der Waals surface area contributed by atoms with Crippen LogP contribution >= 0.6 is 45.8 Å². The number of hydrogen-bond acceptors (Lipinski definition) is 2. The number of rotatable bonds is 8. The number of halogens is 2. The first-order valence-electron chi connectivity index (χ1n) is 16.7. The van der Waals surface area contributed by atoms with Crippen molar-refractivity contribution in [2.24, 2.45) is 11.8 Å². The van der Waals surface area contributed by atoms with Gasteiger partial charge in [0, 0.05) is 116 Å². The van der Waals surface area contributed by atoms with E-state index in [1.54, 1.807) is 0 Å². The number of aliphatic hydroxyl groups excluding tert-OH is 1. The predicted octanol–water partition coefficient (Wildman–Crippen LogP) is 8.57. The predicted molar refractivity (Wildman–Crippen MR) is 223 cm³/mol. The molecule has 2 aromatic carbocycles. The van der Waals surface area contributed by atoms with E-state index in [2.05, 4.69) is 113 Å². The van der Waals surface area contributed by atoms with Crippen molar-refractivity contribution < 1.29 is 95.6 Å². The maximum absolute atomic E-state index is 10.4. The Labute approximate surface area is 392 Å². The third-order valence-corrected chi connectivity index (χ3v) is 8.08. The fourth-order valence-electron chi connectivity index (χ4n) is 5.79. The van der Waals surface area contributed by atoms with Crippen molar-refractivity contribution in [1.82, 2.24) is 0 Å².